The lowest BCUT2D eigenvalue weighted by Gasteiger charge is -2.29. The van der Waals surface area contributed by atoms with Crippen LogP contribution >= 0.6 is 0 Å². The van der Waals surface area contributed by atoms with E-state index in [0.717, 1.165) is 11.1 Å². The summed E-state index contributed by atoms with van der Waals surface area (Å²) in [6, 6.07) is 11.9. The van der Waals surface area contributed by atoms with Gasteiger partial charge in [-0.15, -0.1) is 0 Å². The quantitative estimate of drug-likeness (QED) is 0.580. The Kier molecular flexibility index (Phi) is 4.99. The van der Waals surface area contributed by atoms with Gasteiger partial charge in [0.25, 0.3) is 11.8 Å². The van der Waals surface area contributed by atoms with Crippen LogP contribution in [-0.4, -0.2) is 34.4 Å². The fourth-order valence-corrected chi connectivity index (χ4v) is 3.02. The lowest BCUT2D eigenvalue weighted by Crippen LogP contribution is -2.36. The lowest BCUT2D eigenvalue weighted by atomic mass is 9.96. The van der Waals surface area contributed by atoms with Gasteiger partial charge in [0.2, 0.25) is 5.91 Å². The molecule has 7 nitrogen and oxygen atoms in total. The Balaban J connectivity index is 1.76. The first-order chi connectivity index (χ1) is 12.5. The molecular weight excluding hydrogens is 334 g/mol. The Bertz CT molecular complexity index is 862. The number of nitrogens with zero attached hydrogens (tertiary/aromatic N) is 1. The van der Waals surface area contributed by atoms with Gasteiger partial charge in [0.05, 0.1) is 0 Å². The molecule has 0 fully saturated rings. The van der Waals surface area contributed by atoms with Gasteiger partial charge in [0.1, 0.15) is 0 Å². The molecule has 2 aromatic rings. The van der Waals surface area contributed by atoms with E-state index in [1.807, 2.05) is 6.07 Å². The molecule has 26 heavy (non-hydrogen) atoms. The van der Waals surface area contributed by atoms with Crippen molar-refractivity contribution in [2.24, 2.45) is 0 Å². The number of carbonyl (C=O) groups excluding carboxylic acids is 3. The minimum Gasteiger partial charge on any atom is -0.334 e. The molecule has 0 saturated carbocycles. The molecule has 0 atom stereocenters. The second-order valence-corrected chi connectivity index (χ2v) is 6.16. The van der Waals surface area contributed by atoms with Crippen LogP contribution in [0.25, 0.3) is 0 Å². The van der Waals surface area contributed by atoms with E-state index in [1.165, 1.54) is 6.92 Å². The maximum absolute atomic E-state index is 12.7. The smallest absolute Gasteiger partial charge is 0.274 e. The summed E-state index contributed by atoms with van der Waals surface area (Å²) < 4.78 is 0. The third-order valence-electron chi connectivity index (χ3n) is 4.32. The van der Waals surface area contributed by atoms with Crippen molar-refractivity contribution >= 4 is 23.4 Å². The Labute approximate surface area is 150 Å². The highest BCUT2D eigenvalue weighted by molar-refractivity contribution is 5.96. The summed E-state index contributed by atoms with van der Waals surface area (Å²) >= 11 is 0. The van der Waals surface area contributed by atoms with Crippen molar-refractivity contribution in [2.75, 3.05) is 11.9 Å². The van der Waals surface area contributed by atoms with E-state index in [2.05, 4.69) is 5.32 Å². The lowest BCUT2D eigenvalue weighted by molar-refractivity contribution is -0.114. The van der Waals surface area contributed by atoms with Crippen LogP contribution < -0.4 is 10.8 Å². The summed E-state index contributed by atoms with van der Waals surface area (Å²) in [6.45, 7) is 2.41. The van der Waals surface area contributed by atoms with Gasteiger partial charge in [-0.3, -0.25) is 19.6 Å². The molecule has 1 aliphatic heterocycles. The molecule has 0 spiro atoms. The first-order valence-corrected chi connectivity index (χ1v) is 8.21. The van der Waals surface area contributed by atoms with Gasteiger partial charge in [0, 0.05) is 36.8 Å². The molecule has 7 heteroatoms. The standard InChI is InChI=1S/C19H19N3O4/c1-12(23)20-17-6-4-14(5-7-17)19(25)22-9-8-13-2-3-15(18(24)21-26)10-16(13)11-22/h2-7,10,26H,8-9,11H2,1H3,(H,20,23)(H,21,24). The second kappa shape index (κ2) is 7.37. The van der Waals surface area contributed by atoms with Crippen LogP contribution in [0.2, 0.25) is 0 Å². The van der Waals surface area contributed by atoms with E-state index in [-0.39, 0.29) is 11.8 Å². The summed E-state index contributed by atoms with van der Waals surface area (Å²) in [7, 11) is 0. The number of rotatable bonds is 3. The van der Waals surface area contributed by atoms with Crippen LogP contribution in [0.4, 0.5) is 5.69 Å². The predicted octanol–water partition coefficient (Wildman–Crippen LogP) is 1.96. The maximum Gasteiger partial charge on any atom is 0.274 e. The summed E-state index contributed by atoms with van der Waals surface area (Å²) in [4.78, 5) is 37.1. The predicted molar refractivity (Wildman–Crippen MR) is 94.9 cm³/mol. The van der Waals surface area contributed by atoms with Crippen LogP contribution in [0.15, 0.2) is 42.5 Å². The van der Waals surface area contributed by atoms with Crippen molar-refractivity contribution in [3.05, 3.63) is 64.7 Å². The SMILES string of the molecule is CC(=O)Nc1ccc(C(=O)N2CCc3ccc(C(=O)NO)cc3C2)cc1. The first kappa shape index (κ1) is 17.6. The fraction of sp³-hybridized carbons (Fsp3) is 0.211. The molecule has 0 radical (unpaired) electrons. The highest BCUT2D eigenvalue weighted by atomic mass is 16.5. The number of amides is 3. The van der Waals surface area contributed by atoms with E-state index in [1.54, 1.807) is 46.8 Å². The molecule has 0 aromatic heterocycles. The number of nitrogens with one attached hydrogen (secondary N) is 2. The van der Waals surface area contributed by atoms with E-state index in [9.17, 15) is 14.4 Å². The summed E-state index contributed by atoms with van der Waals surface area (Å²) in [6.07, 6.45) is 0.700. The van der Waals surface area contributed by atoms with E-state index in [4.69, 9.17) is 5.21 Å². The number of carbonyl (C=O) groups is 3. The average molecular weight is 353 g/mol. The molecule has 1 heterocycles. The van der Waals surface area contributed by atoms with Crippen LogP contribution in [0.5, 0.6) is 0 Å². The van der Waals surface area contributed by atoms with E-state index >= 15 is 0 Å². The zero-order valence-electron chi connectivity index (χ0n) is 14.3. The minimum absolute atomic E-state index is 0.109. The number of fused-ring (bicyclic) bond motifs is 1. The normalized spacial score (nSPS) is 12.9. The van der Waals surface area contributed by atoms with Crippen LogP contribution in [-0.2, 0) is 17.8 Å². The molecule has 3 amide bonds. The largest absolute Gasteiger partial charge is 0.334 e. The molecule has 1 aliphatic rings. The van der Waals surface area contributed by atoms with Crippen molar-refractivity contribution in [1.29, 1.82) is 0 Å². The number of hydrogen-bond donors (Lipinski definition) is 3. The number of benzene rings is 2. The second-order valence-electron chi connectivity index (χ2n) is 6.16. The number of anilines is 1. The van der Waals surface area contributed by atoms with Crippen molar-refractivity contribution in [2.45, 2.75) is 19.9 Å². The molecule has 3 rings (SSSR count). The average Bonchev–Trinajstić information content (AvgIpc) is 2.66. The molecule has 0 bridgehead atoms. The van der Waals surface area contributed by atoms with Gasteiger partial charge in [-0.05, 0) is 53.9 Å². The number of hydroxylamine groups is 1. The summed E-state index contributed by atoms with van der Waals surface area (Å²) in [5, 5.41) is 11.4. The highest BCUT2D eigenvalue weighted by Crippen LogP contribution is 2.22. The Hall–Kier alpha value is -3.19. The number of hydrogen-bond acceptors (Lipinski definition) is 4. The van der Waals surface area contributed by atoms with Crippen LogP contribution in [0.3, 0.4) is 0 Å². The van der Waals surface area contributed by atoms with Crippen LogP contribution in [0, 0.1) is 0 Å². The third-order valence-corrected chi connectivity index (χ3v) is 4.32. The van der Waals surface area contributed by atoms with Crippen molar-refractivity contribution < 1.29 is 19.6 Å². The highest BCUT2D eigenvalue weighted by Gasteiger charge is 2.22. The topological polar surface area (TPSA) is 98.7 Å². The van der Waals surface area contributed by atoms with Gasteiger partial charge < -0.3 is 10.2 Å². The van der Waals surface area contributed by atoms with Gasteiger partial charge >= 0.3 is 0 Å². The monoisotopic (exact) mass is 353 g/mol. The molecule has 134 valence electrons. The van der Waals surface area contributed by atoms with Crippen molar-refractivity contribution in [3.63, 3.8) is 0 Å². The van der Waals surface area contributed by atoms with Gasteiger partial charge in [-0.1, -0.05) is 6.07 Å². The first-order valence-electron chi connectivity index (χ1n) is 8.21. The van der Waals surface area contributed by atoms with Crippen LogP contribution in [0.1, 0.15) is 38.8 Å². The summed E-state index contributed by atoms with van der Waals surface area (Å²) in [5.74, 6) is -0.855. The van der Waals surface area contributed by atoms with E-state index in [0.29, 0.717) is 36.3 Å². The zero-order valence-corrected chi connectivity index (χ0v) is 14.3. The zero-order chi connectivity index (χ0) is 18.7. The van der Waals surface area contributed by atoms with Gasteiger partial charge in [0.15, 0.2) is 0 Å². The minimum atomic E-state index is -0.579. The fourth-order valence-electron chi connectivity index (χ4n) is 3.02. The Morgan fingerprint density at radius 1 is 1.00 bits per heavy atom. The Morgan fingerprint density at radius 3 is 2.35 bits per heavy atom. The van der Waals surface area contributed by atoms with Crippen molar-refractivity contribution in [3.8, 4) is 0 Å². The molecule has 3 N–H and O–H groups in total. The van der Waals surface area contributed by atoms with E-state index < -0.39 is 5.91 Å². The van der Waals surface area contributed by atoms with Gasteiger partial charge in [-0.25, -0.2) is 5.48 Å². The Morgan fingerprint density at radius 2 is 1.69 bits per heavy atom. The molecule has 0 aliphatic carbocycles. The van der Waals surface area contributed by atoms with Gasteiger partial charge in [-0.2, -0.15) is 0 Å². The third kappa shape index (κ3) is 3.73. The molecule has 0 saturated heterocycles. The molecule has 2 aromatic carbocycles. The summed E-state index contributed by atoms with van der Waals surface area (Å²) in [5.41, 5.74) is 5.11. The molecular formula is C19H19N3O4. The maximum atomic E-state index is 12.7. The molecule has 0 unspecified atom stereocenters. The van der Waals surface area contributed by atoms with Crippen molar-refractivity contribution in [1.82, 2.24) is 10.4 Å².